The first-order valence-corrected chi connectivity index (χ1v) is 3.28. The second-order valence-corrected chi connectivity index (χ2v) is 1.71. The van der Waals surface area contributed by atoms with E-state index in [0.717, 1.165) is 0 Å². The molecule has 0 heterocycles. The van der Waals surface area contributed by atoms with Gasteiger partial charge in [-0.15, -0.1) is 0 Å². The summed E-state index contributed by atoms with van der Waals surface area (Å²) in [6.45, 7) is 4.02. The highest BCUT2D eigenvalue weighted by Gasteiger charge is 2.04. The Bertz CT molecular complexity index is 138. The van der Waals surface area contributed by atoms with Gasteiger partial charge in [0.05, 0.1) is 6.61 Å². The lowest BCUT2D eigenvalue weighted by Gasteiger charge is -2.01. The number of ether oxygens (including phenoxy) is 1. The van der Waals surface area contributed by atoms with Crippen molar-refractivity contribution in [2.24, 2.45) is 0 Å². The number of rotatable bonds is 4. The summed E-state index contributed by atoms with van der Waals surface area (Å²) in [6.07, 6.45) is 2.23. The molecule has 0 aromatic carbocycles. The van der Waals surface area contributed by atoms with E-state index in [0.29, 0.717) is 13.0 Å². The highest BCUT2D eigenvalue weighted by Crippen LogP contribution is 1.98. The lowest BCUT2D eigenvalue weighted by molar-refractivity contribution is -0.136. The molecule has 0 saturated carbocycles. The Kier molecular flexibility index (Phi) is 4.37. The van der Waals surface area contributed by atoms with Gasteiger partial charge in [0, 0.05) is 0 Å². The van der Waals surface area contributed by atoms with E-state index in [1.165, 1.54) is 0 Å². The summed E-state index contributed by atoms with van der Waals surface area (Å²) >= 11 is 0. The molecule has 0 rings (SSSR count). The summed E-state index contributed by atoms with van der Waals surface area (Å²) in [7, 11) is 0. The van der Waals surface area contributed by atoms with Crippen LogP contribution in [0.25, 0.3) is 0 Å². The molecule has 0 bridgehead atoms. The molecule has 58 valence electrons. The van der Waals surface area contributed by atoms with E-state index in [9.17, 15) is 4.79 Å². The molecule has 0 unspecified atom stereocenters. The van der Waals surface area contributed by atoms with Gasteiger partial charge in [-0.3, -0.25) is 0 Å². The van der Waals surface area contributed by atoms with Crippen LogP contribution in [0, 0.1) is 0 Å². The first-order chi connectivity index (χ1) is 4.72. The van der Waals surface area contributed by atoms with Crippen molar-refractivity contribution < 1.29 is 14.6 Å². The zero-order valence-electron chi connectivity index (χ0n) is 6.26. The Labute approximate surface area is 60.3 Å². The summed E-state index contributed by atoms with van der Waals surface area (Å²) in [4.78, 5) is 10.3. The Hall–Kier alpha value is -0.990. The van der Waals surface area contributed by atoms with Gasteiger partial charge in [-0.05, 0) is 19.4 Å². The highest BCUT2D eigenvalue weighted by molar-refractivity contribution is 5.84. The van der Waals surface area contributed by atoms with Gasteiger partial charge in [0.2, 0.25) is 0 Å². The van der Waals surface area contributed by atoms with Gasteiger partial charge in [0.25, 0.3) is 0 Å². The molecule has 0 aliphatic rings. The summed E-state index contributed by atoms with van der Waals surface area (Å²) < 4.78 is 4.81. The van der Waals surface area contributed by atoms with E-state index in [2.05, 4.69) is 0 Å². The fourth-order valence-corrected chi connectivity index (χ4v) is 0.549. The molecule has 0 aromatic heterocycles. The summed E-state index contributed by atoms with van der Waals surface area (Å²) in [5.74, 6) is -0.950. The molecule has 0 fully saturated rings. The largest absolute Gasteiger partial charge is 0.487 e. The quantitative estimate of drug-likeness (QED) is 0.479. The predicted octanol–water partition coefficient (Wildman–Crippen LogP) is 1.40. The number of hydrogen-bond acceptors (Lipinski definition) is 2. The maximum atomic E-state index is 10.3. The van der Waals surface area contributed by atoms with Crippen molar-refractivity contribution in [3.8, 4) is 0 Å². The molecule has 0 aromatic rings. The van der Waals surface area contributed by atoms with Gasteiger partial charge in [-0.1, -0.05) is 6.92 Å². The Balaban J connectivity index is 3.98. The van der Waals surface area contributed by atoms with Crippen LogP contribution in [-0.2, 0) is 9.53 Å². The predicted molar refractivity (Wildman–Crippen MR) is 37.6 cm³/mol. The lowest BCUT2D eigenvalue weighted by Crippen LogP contribution is -2.04. The number of allylic oxidation sites excluding steroid dienone is 1. The third-order valence-electron chi connectivity index (χ3n) is 0.900. The average Bonchev–Trinajstić information content (AvgIpc) is 1.87. The second kappa shape index (κ2) is 4.85. The van der Waals surface area contributed by atoms with Crippen molar-refractivity contribution in [1.82, 2.24) is 0 Å². The monoisotopic (exact) mass is 144 g/mol. The van der Waals surface area contributed by atoms with Gasteiger partial charge >= 0.3 is 5.97 Å². The minimum atomic E-state index is -0.997. The molecule has 0 aliphatic carbocycles. The molecule has 3 nitrogen and oxygen atoms in total. The molecule has 0 amide bonds. The lowest BCUT2D eigenvalue weighted by atomic mass is 10.4. The number of carboxylic acid groups (broad SMARTS) is 1. The first kappa shape index (κ1) is 9.01. The molecule has 3 heteroatoms. The van der Waals surface area contributed by atoms with Crippen LogP contribution in [0.1, 0.15) is 20.3 Å². The smallest absolute Gasteiger partial charge is 0.370 e. The van der Waals surface area contributed by atoms with Gasteiger partial charge in [0.15, 0.2) is 5.76 Å². The van der Waals surface area contributed by atoms with Crippen molar-refractivity contribution in [2.75, 3.05) is 6.61 Å². The number of aliphatic carboxylic acids is 1. The van der Waals surface area contributed by atoms with Crippen LogP contribution in [-0.4, -0.2) is 17.7 Å². The first-order valence-electron chi connectivity index (χ1n) is 3.28. The van der Waals surface area contributed by atoms with E-state index >= 15 is 0 Å². The summed E-state index contributed by atoms with van der Waals surface area (Å²) in [6, 6.07) is 0. The van der Waals surface area contributed by atoms with Crippen LogP contribution in [0.3, 0.4) is 0 Å². The maximum absolute atomic E-state index is 10.3. The molecular weight excluding hydrogens is 132 g/mol. The minimum absolute atomic E-state index is 0.0463. The third kappa shape index (κ3) is 3.12. The standard InChI is InChI=1S/C7H12O3/c1-3-5-6(7(8)9)10-4-2/h5H,3-4H2,1-2H3,(H,8,9)/b6-5-. The molecule has 10 heavy (non-hydrogen) atoms. The molecule has 0 saturated heterocycles. The fraction of sp³-hybridized carbons (Fsp3) is 0.571. The SMILES string of the molecule is CC/C=C(\OCC)C(=O)O. The van der Waals surface area contributed by atoms with E-state index in [4.69, 9.17) is 9.84 Å². The van der Waals surface area contributed by atoms with E-state index in [1.807, 2.05) is 6.92 Å². The molecule has 0 spiro atoms. The van der Waals surface area contributed by atoms with Crippen molar-refractivity contribution in [3.05, 3.63) is 11.8 Å². The molecule has 0 radical (unpaired) electrons. The van der Waals surface area contributed by atoms with Gasteiger partial charge < -0.3 is 9.84 Å². The Morgan fingerprint density at radius 2 is 2.20 bits per heavy atom. The Morgan fingerprint density at radius 3 is 2.50 bits per heavy atom. The zero-order valence-corrected chi connectivity index (χ0v) is 6.26. The Morgan fingerprint density at radius 1 is 1.60 bits per heavy atom. The van der Waals surface area contributed by atoms with Crippen molar-refractivity contribution in [1.29, 1.82) is 0 Å². The van der Waals surface area contributed by atoms with Crippen molar-refractivity contribution in [2.45, 2.75) is 20.3 Å². The molecular formula is C7H12O3. The molecule has 0 atom stereocenters. The molecule has 1 N–H and O–H groups in total. The van der Waals surface area contributed by atoms with Crippen LogP contribution >= 0.6 is 0 Å². The van der Waals surface area contributed by atoms with E-state index < -0.39 is 5.97 Å². The van der Waals surface area contributed by atoms with Crippen LogP contribution in [0.2, 0.25) is 0 Å². The topological polar surface area (TPSA) is 46.5 Å². The number of hydrogen-bond donors (Lipinski definition) is 1. The summed E-state index contributed by atoms with van der Waals surface area (Å²) in [5.41, 5.74) is 0. The minimum Gasteiger partial charge on any atom is -0.487 e. The average molecular weight is 144 g/mol. The van der Waals surface area contributed by atoms with Gasteiger partial charge in [0.1, 0.15) is 0 Å². The number of carbonyl (C=O) groups is 1. The van der Waals surface area contributed by atoms with Crippen LogP contribution < -0.4 is 0 Å². The maximum Gasteiger partial charge on any atom is 0.370 e. The highest BCUT2D eigenvalue weighted by atomic mass is 16.5. The number of carboxylic acids is 1. The zero-order chi connectivity index (χ0) is 7.98. The second-order valence-electron chi connectivity index (χ2n) is 1.71. The fourth-order valence-electron chi connectivity index (χ4n) is 0.549. The van der Waals surface area contributed by atoms with Gasteiger partial charge in [-0.2, -0.15) is 0 Å². The van der Waals surface area contributed by atoms with Crippen molar-refractivity contribution in [3.63, 3.8) is 0 Å². The normalized spacial score (nSPS) is 11.2. The third-order valence-corrected chi connectivity index (χ3v) is 0.900. The van der Waals surface area contributed by atoms with E-state index in [1.54, 1.807) is 13.0 Å². The summed E-state index contributed by atoms with van der Waals surface area (Å²) in [5, 5.41) is 8.44. The van der Waals surface area contributed by atoms with Crippen LogP contribution in [0.4, 0.5) is 0 Å². The van der Waals surface area contributed by atoms with Crippen molar-refractivity contribution >= 4 is 5.97 Å². The van der Waals surface area contributed by atoms with Gasteiger partial charge in [-0.25, -0.2) is 4.79 Å². The molecule has 0 aliphatic heterocycles. The van der Waals surface area contributed by atoms with Crippen LogP contribution in [0.5, 0.6) is 0 Å². The van der Waals surface area contributed by atoms with Crippen LogP contribution in [0.15, 0.2) is 11.8 Å². The van der Waals surface area contributed by atoms with E-state index in [-0.39, 0.29) is 5.76 Å².